The van der Waals surface area contributed by atoms with E-state index in [1.165, 1.54) is 0 Å². The second-order valence-electron chi connectivity index (χ2n) is 13.1. The van der Waals surface area contributed by atoms with E-state index in [4.69, 9.17) is 4.74 Å². The van der Waals surface area contributed by atoms with E-state index >= 15 is 0 Å². The van der Waals surface area contributed by atoms with Crippen LogP contribution in [0.1, 0.15) is 54.0 Å². The molecule has 1 fully saturated rings. The van der Waals surface area contributed by atoms with E-state index in [0.29, 0.717) is 45.9 Å². The summed E-state index contributed by atoms with van der Waals surface area (Å²) in [6, 6.07) is 12.7. The number of carbonyl (C=O) groups is 2. The van der Waals surface area contributed by atoms with Crippen LogP contribution in [0.5, 0.6) is 11.5 Å². The number of anilines is 1. The van der Waals surface area contributed by atoms with E-state index in [-0.39, 0.29) is 36.8 Å². The first kappa shape index (κ1) is 37.6. The molecule has 2 aliphatic rings. The van der Waals surface area contributed by atoms with Gasteiger partial charge >= 0.3 is 12.4 Å². The zero-order valence-electron chi connectivity index (χ0n) is 28.0. The van der Waals surface area contributed by atoms with Gasteiger partial charge in [-0.3, -0.25) is 9.59 Å². The third kappa shape index (κ3) is 7.99. The van der Waals surface area contributed by atoms with Gasteiger partial charge in [0.05, 0.1) is 41.4 Å². The zero-order valence-corrected chi connectivity index (χ0v) is 28.0. The van der Waals surface area contributed by atoms with E-state index < -0.39 is 71.4 Å². The lowest BCUT2D eigenvalue weighted by Crippen LogP contribution is -2.40. The van der Waals surface area contributed by atoms with E-state index in [2.05, 4.69) is 0 Å². The third-order valence-corrected chi connectivity index (χ3v) is 9.47. The highest BCUT2D eigenvalue weighted by Gasteiger charge is 2.56. The van der Waals surface area contributed by atoms with Crippen molar-refractivity contribution in [3.8, 4) is 11.5 Å². The number of benzene rings is 3. The fraction of sp³-hybridized carbons (Fsp3) is 0.368. The second-order valence-corrected chi connectivity index (χ2v) is 13.1. The van der Waals surface area contributed by atoms with Gasteiger partial charge in [-0.25, -0.2) is 4.90 Å². The van der Waals surface area contributed by atoms with Crippen LogP contribution in [-0.4, -0.2) is 46.5 Å². The lowest BCUT2D eigenvalue weighted by molar-refractivity contribution is -0.143. The fourth-order valence-electron chi connectivity index (χ4n) is 7.05. The molecule has 3 aromatic carbocycles. The Morgan fingerprint density at radius 2 is 1.53 bits per heavy atom. The van der Waals surface area contributed by atoms with Gasteiger partial charge in [-0.05, 0) is 110 Å². The maximum Gasteiger partial charge on any atom is 0.416 e. The standard InChI is InChI=1S/C38H37F6NO6/c1-20(11-23-12-21(2)34(48)22(3)13-23)9-10-31(47)32-24(19-51-28-7-5-4-6-8-28)14-29-33(30(32)18-46)36(50)45(35(29)49)27-16-25(37(39,40)41)15-26(17-27)38(42,43)44/h4-8,11-13,15-17,29-31,33,46-48H,9-10,14,18-19H2,1-3H3/b20-11+/t29-,30+,31-,33-/m1/s1. The van der Waals surface area contributed by atoms with E-state index in [1.807, 2.05) is 25.1 Å². The number of ether oxygens (including phenoxy) is 1. The predicted octanol–water partition coefficient (Wildman–Crippen LogP) is 7.78. The van der Waals surface area contributed by atoms with Crippen LogP contribution in [0.3, 0.4) is 0 Å². The Bertz CT molecular complexity index is 1810. The number of carbonyl (C=O) groups excluding carboxylic acids is 2. The summed E-state index contributed by atoms with van der Waals surface area (Å²) in [6.45, 7) is 4.48. The Kier molecular flexibility index (Phi) is 10.7. The minimum Gasteiger partial charge on any atom is -0.507 e. The van der Waals surface area contributed by atoms with Crippen LogP contribution in [0.15, 0.2) is 77.4 Å². The van der Waals surface area contributed by atoms with Crippen LogP contribution in [0.25, 0.3) is 6.08 Å². The SMILES string of the molecule is C/C(=C\c1cc(C)c(O)c(C)c1)CC[C@@H](O)C1=C(COc2ccccc2)C[C@H]2C(=O)N(c3cc(C(F)(F)F)cc(C(F)(F)F)c3)C(=O)[C@H]2[C@H]1CO. The molecule has 51 heavy (non-hydrogen) atoms. The third-order valence-electron chi connectivity index (χ3n) is 9.47. The Balaban J connectivity index is 1.50. The summed E-state index contributed by atoms with van der Waals surface area (Å²) in [5.41, 5.74) is -0.561. The molecule has 1 aliphatic heterocycles. The molecule has 2 amide bonds. The molecule has 3 aromatic rings. The van der Waals surface area contributed by atoms with E-state index in [1.54, 1.807) is 44.2 Å². The van der Waals surface area contributed by atoms with Gasteiger partial charge in [-0.15, -0.1) is 0 Å². The van der Waals surface area contributed by atoms with Crippen LogP contribution in [-0.2, 0) is 21.9 Å². The van der Waals surface area contributed by atoms with Gasteiger partial charge in [0.1, 0.15) is 18.1 Å². The first-order chi connectivity index (χ1) is 23.9. The number of allylic oxidation sites excluding steroid dienone is 1. The molecule has 7 nitrogen and oxygen atoms in total. The van der Waals surface area contributed by atoms with Crippen molar-refractivity contribution in [3.63, 3.8) is 0 Å². The number of phenols is 1. The number of hydrogen-bond acceptors (Lipinski definition) is 6. The van der Waals surface area contributed by atoms with Crippen molar-refractivity contribution in [2.45, 2.75) is 58.5 Å². The number of hydrogen-bond donors (Lipinski definition) is 3. The smallest absolute Gasteiger partial charge is 0.416 e. The maximum atomic E-state index is 13.9. The molecule has 5 rings (SSSR count). The molecule has 0 spiro atoms. The summed E-state index contributed by atoms with van der Waals surface area (Å²) >= 11 is 0. The first-order valence-corrected chi connectivity index (χ1v) is 16.2. The molecule has 0 aromatic heterocycles. The number of alkyl halides is 6. The predicted molar refractivity (Wildman–Crippen MR) is 177 cm³/mol. The molecule has 1 aliphatic carbocycles. The van der Waals surface area contributed by atoms with Crippen LogP contribution >= 0.6 is 0 Å². The average Bonchev–Trinajstić information content (AvgIpc) is 3.32. The molecule has 4 atom stereocenters. The summed E-state index contributed by atoms with van der Waals surface area (Å²) in [6.07, 6.45) is -9.51. The van der Waals surface area contributed by atoms with Crippen molar-refractivity contribution in [3.05, 3.63) is 105 Å². The number of halogens is 6. The van der Waals surface area contributed by atoms with Crippen LogP contribution in [0, 0.1) is 31.6 Å². The van der Waals surface area contributed by atoms with Gasteiger partial charge in [0, 0.05) is 5.92 Å². The number of aryl methyl sites for hydroxylation is 2. The first-order valence-electron chi connectivity index (χ1n) is 16.2. The molecule has 0 saturated carbocycles. The minimum absolute atomic E-state index is 0.0897. The lowest BCUT2D eigenvalue weighted by atomic mass is 9.68. The second kappa shape index (κ2) is 14.5. The zero-order chi connectivity index (χ0) is 37.4. The Morgan fingerprint density at radius 1 is 0.941 bits per heavy atom. The molecule has 0 radical (unpaired) electrons. The van der Waals surface area contributed by atoms with Crippen molar-refractivity contribution in [1.82, 2.24) is 0 Å². The minimum atomic E-state index is -5.21. The maximum absolute atomic E-state index is 13.9. The Labute approximate surface area is 290 Å². The van der Waals surface area contributed by atoms with Crippen LogP contribution in [0.2, 0.25) is 0 Å². The molecular weight excluding hydrogens is 680 g/mol. The summed E-state index contributed by atoms with van der Waals surface area (Å²) in [7, 11) is 0. The summed E-state index contributed by atoms with van der Waals surface area (Å²) in [5, 5.41) is 32.4. The van der Waals surface area contributed by atoms with Gasteiger partial charge in [0.15, 0.2) is 0 Å². The van der Waals surface area contributed by atoms with Crippen molar-refractivity contribution in [2.24, 2.45) is 17.8 Å². The van der Waals surface area contributed by atoms with E-state index in [9.17, 15) is 51.3 Å². The van der Waals surface area contributed by atoms with Crippen molar-refractivity contribution in [2.75, 3.05) is 18.1 Å². The van der Waals surface area contributed by atoms with Crippen LogP contribution < -0.4 is 9.64 Å². The van der Waals surface area contributed by atoms with Crippen molar-refractivity contribution < 1.29 is 56.0 Å². The number of fused-ring (bicyclic) bond motifs is 1. The molecule has 272 valence electrons. The summed E-state index contributed by atoms with van der Waals surface area (Å²) < 4.78 is 88.1. The largest absolute Gasteiger partial charge is 0.507 e. The monoisotopic (exact) mass is 717 g/mol. The van der Waals surface area contributed by atoms with Gasteiger partial charge in [-0.2, -0.15) is 26.3 Å². The highest BCUT2D eigenvalue weighted by Crippen LogP contribution is 2.48. The van der Waals surface area contributed by atoms with Gasteiger partial charge in [-0.1, -0.05) is 29.8 Å². The molecule has 1 saturated heterocycles. The summed E-state index contributed by atoms with van der Waals surface area (Å²) in [4.78, 5) is 28.0. The molecular formula is C38H37F6NO6. The number of aliphatic hydroxyl groups excluding tert-OH is 2. The normalized spacial score (nSPS) is 20.6. The quantitative estimate of drug-likeness (QED) is 0.112. The molecule has 1 heterocycles. The topological polar surface area (TPSA) is 107 Å². The Hall–Kier alpha value is -4.62. The molecule has 13 heteroatoms. The number of phenolic OH excluding ortho intramolecular Hbond substituents is 1. The van der Waals surface area contributed by atoms with Crippen molar-refractivity contribution in [1.29, 1.82) is 0 Å². The molecule has 3 N–H and O–H groups in total. The average molecular weight is 718 g/mol. The van der Waals surface area contributed by atoms with Gasteiger partial charge in [0.25, 0.3) is 0 Å². The number of para-hydroxylation sites is 1. The number of amides is 2. The highest BCUT2D eigenvalue weighted by atomic mass is 19.4. The molecule has 0 bridgehead atoms. The molecule has 0 unspecified atom stereocenters. The number of imide groups is 1. The highest BCUT2D eigenvalue weighted by molar-refractivity contribution is 6.22. The van der Waals surface area contributed by atoms with Crippen LogP contribution in [0.4, 0.5) is 32.0 Å². The number of aromatic hydroxyl groups is 1. The van der Waals surface area contributed by atoms with Crippen molar-refractivity contribution >= 4 is 23.6 Å². The van der Waals surface area contributed by atoms with E-state index in [0.717, 1.165) is 11.1 Å². The number of aliphatic hydroxyl groups is 2. The Morgan fingerprint density at radius 3 is 2.08 bits per heavy atom. The fourth-order valence-corrected chi connectivity index (χ4v) is 7.05. The lowest BCUT2D eigenvalue weighted by Gasteiger charge is -2.36. The van der Waals surface area contributed by atoms with Gasteiger partial charge in [0.2, 0.25) is 11.8 Å². The number of rotatable bonds is 10. The van der Waals surface area contributed by atoms with Gasteiger partial charge < -0.3 is 20.1 Å². The number of nitrogens with zero attached hydrogens (tertiary/aromatic N) is 1. The summed E-state index contributed by atoms with van der Waals surface area (Å²) in [5.74, 6) is -5.25.